The molecule has 11 heavy (non-hydrogen) atoms. The Morgan fingerprint density at radius 3 is 2.18 bits per heavy atom. The van der Waals surface area contributed by atoms with Crippen molar-refractivity contribution in [3.63, 3.8) is 0 Å². The van der Waals surface area contributed by atoms with Gasteiger partial charge in [-0.3, -0.25) is 5.01 Å². The van der Waals surface area contributed by atoms with Crippen LogP contribution in [0.1, 0.15) is 33.6 Å². The molecule has 0 saturated carbocycles. The predicted molar refractivity (Wildman–Crippen MR) is 48.8 cm³/mol. The minimum Gasteiger partial charge on any atom is -0.297 e. The first-order valence-corrected chi connectivity index (χ1v) is 4.38. The summed E-state index contributed by atoms with van der Waals surface area (Å²) >= 11 is 0. The maximum absolute atomic E-state index is 4.40. The fourth-order valence-electron chi connectivity index (χ4n) is 1.07. The number of hydrogen-bond donors (Lipinski definition) is 0. The Bertz CT molecular complexity index is 138. The van der Waals surface area contributed by atoms with Gasteiger partial charge in [-0.25, -0.2) is 0 Å². The van der Waals surface area contributed by atoms with Gasteiger partial charge >= 0.3 is 0 Å². The van der Waals surface area contributed by atoms with Gasteiger partial charge in [0.15, 0.2) is 0 Å². The van der Waals surface area contributed by atoms with Gasteiger partial charge in [-0.05, 0) is 18.3 Å². The van der Waals surface area contributed by atoms with Gasteiger partial charge in [-0.1, -0.05) is 20.8 Å². The molecule has 0 aromatic rings. The van der Waals surface area contributed by atoms with E-state index in [0.717, 1.165) is 13.1 Å². The van der Waals surface area contributed by atoms with Crippen molar-refractivity contribution in [2.45, 2.75) is 33.6 Å². The van der Waals surface area contributed by atoms with Crippen LogP contribution in [-0.4, -0.2) is 24.3 Å². The van der Waals surface area contributed by atoms with Gasteiger partial charge in [0.05, 0.1) is 0 Å². The molecular weight excluding hydrogens is 136 g/mol. The molecule has 1 heterocycles. The maximum Gasteiger partial charge on any atom is 0.0360 e. The van der Waals surface area contributed by atoms with Crippen LogP contribution < -0.4 is 0 Å². The van der Waals surface area contributed by atoms with Gasteiger partial charge < -0.3 is 0 Å². The lowest BCUT2D eigenvalue weighted by Crippen LogP contribution is -2.15. The van der Waals surface area contributed by atoms with E-state index in [1.807, 2.05) is 6.21 Å². The molecule has 0 unspecified atom stereocenters. The van der Waals surface area contributed by atoms with Crippen molar-refractivity contribution in [3.8, 4) is 0 Å². The molecule has 1 rings (SSSR count). The lowest BCUT2D eigenvalue weighted by molar-refractivity contribution is 0.356. The van der Waals surface area contributed by atoms with E-state index < -0.39 is 0 Å². The molecule has 0 amide bonds. The molecule has 2 nitrogen and oxygen atoms in total. The van der Waals surface area contributed by atoms with E-state index in [1.54, 1.807) is 0 Å². The lowest BCUT2D eigenvalue weighted by Gasteiger charge is -2.14. The van der Waals surface area contributed by atoms with Crippen molar-refractivity contribution in [1.82, 2.24) is 5.01 Å². The van der Waals surface area contributed by atoms with E-state index in [2.05, 4.69) is 30.9 Å². The van der Waals surface area contributed by atoms with Crippen molar-refractivity contribution in [1.29, 1.82) is 0 Å². The van der Waals surface area contributed by atoms with E-state index in [-0.39, 0.29) is 5.41 Å². The minimum absolute atomic E-state index is 0.225. The number of rotatable bonds is 1. The average Bonchev–Trinajstić information content (AvgIpc) is 2.32. The minimum atomic E-state index is 0.225. The summed E-state index contributed by atoms with van der Waals surface area (Å²) in [5.74, 6) is 0. The van der Waals surface area contributed by atoms with Crippen molar-refractivity contribution in [3.05, 3.63) is 0 Å². The van der Waals surface area contributed by atoms with Crippen molar-refractivity contribution < 1.29 is 0 Å². The highest BCUT2D eigenvalue weighted by molar-refractivity contribution is 5.63. The summed E-state index contributed by atoms with van der Waals surface area (Å²) in [5, 5.41) is 6.56. The van der Waals surface area contributed by atoms with Gasteiger partial charge in [0.1, 0.15) is 0 Å². The molecular formula is C9H18N2. The van der Waals surface area contributed by atoms with Gasteiger partial charge in [0.25, 0.3) is 0 Å². The number of hydrazone groups is 1. The van der Waals surface area contributed by atoms with Crippen LogP contribution in [0, 0.1) is 5.41 Å². The zero-order valence-corrected chi connectivity index (χ0v) is 7.80. The van der Waals surface area contributed by atoms with Crippen LogP contribution in [0.15, 0.2) is 5.10 Å². The summed E-state index contributed by atoms with van der Waals surface area (Å²) in [6, 6.07) is 0. The molecule has 0 radical (unpaired) electrons. The first-order valence-electron chi connectivity index (χ1n) is 4.38. The van der Waals surface area contributed by atoms with Gasteiger partial charge in [0.2, 0.25) is 0 Å². The van der Waals surface area contributed by atoms with E-state index >= 15 is 0 Å². The fourth-order valence-corrected chi connectivity index (χ4v) is 1.07. The smallest absolute Gasteiger partial charge is 0.0360 e. The summed E-state index contributed by atoms with van der Waals surface area (Å²) in [6.45, 7) is 8.81. The van der Waals surface area contributed by atoms with Crippen LogP contribution in [-0.2, 0) is 0 Å². The summed E-state index contributed by atoms with van der Waals surface area (Å²) in [7, 11) is 0. The highest BCUT2D eigenvalue weighted by atomic mass is 15.5. The zero-order chi connectivity index (χ0) is 8.32. The Morgan fingerprint density at radius 2 is 1.73 bits per heavy atom. The topological polar surface area (TPSA) is 15.6 Å². The van der Waals surface area contributed by atoms with Crippen LogP contribution in [0.2, 0.25) is 0 Å². The molecule has 64 valence electrons. The molecule has 1 fully saturated rings. The van der Waals surface area contributed by atoms with Gasteiger partial charge in [-0.15, -0.1) is 0 Å². The van der Waals surface area contributed by atoms with Crippen molar-refractivity contribution >= 4 is 6.21 Å². The monoisotopic (exact) mass is 154 g/mol. The standard InChI is InChI=1S/C9H18N2/c1-9(2,3)8-10-11-6-4-5-7-11/h8H,4-7H2,1-3H3/b10-8+. The van der Waals surface area contributed by atoms with Crippen LogP contribution in [0.3, 0.4) is 0 Å². The summed E-state index contributed by atoms with van der Waals surface area (Å²) in [4.78, 5) is 0. The molecule has 0 atom stereocenters. The molecule has 0 bridgehead atoms. The molecule has 1 aliphatic heterocycles. The number of nitrogens with zero attached hydrogens (tertiary/aromatic N) is 2. The van der Waals surface area contributed by atoms with E-state index in [1.165, 1.54) is 12.8 Å². The number of hydrogen-bond acceptors (Lipinski definition) is 2. The molecule has 0 aliphatic carbocycles. The fraction of sp³-hybridized carbons (Fsp3) is 0.889. The SMILES string of the molecule is CC(C)(C)/C=N/N1CCCC1. The zero-order valence-electron chi connectivity index (χ0n) is 7.80. The molecule has 0 spiro atoms. The van der Waals surface area contributed by atoms with E-state index in [9.17, 15) is 0 Å². The highest BCUT2D eigenvalue weighted by Gasteiger charge is 2.10. The van der Waals surface area contributed by atoms with Gasteiger partial charge in [-0.2, -0.15) is 5.10 Å². The Kier molecular flexibility index (Phi) is 2.53. The Labute approximate surface area is 69.3 Å². The molecule has 0 N–H and O–H groups in total. The third-order valence-corrected chi connectivity index (χ3v) is 1.69. The van der Waals surface area contributed by atoms with Crippen LogP contribution in [0.5, 0.6) is 0 Å². The first-order chi connectivity index (χ1) is 5.08. The molecule has 2 heteroatoms. The second-order valence-electron chi connectivity index (χ2n) is 4.27. The quantitative estimate of drug-likeness (QED) is 0.528. The maximum atomic E-state index is 4.40. The third-order valence-electron chi connectivity index (χ3n) is 1.69. The highest BCUT2D eigenvalue weighted by Crippen LogP contribution is 2.11. The summed E-state index contributed by atoms with van der Waals surface area (Å²) < 4.78 is 0. The Balaban J connectivity index is 2.34. The summed E-state index contributed by atoms with van der Waals surface area (Å²) in [6.07, 6.45) is 4.65. The molecule has 1 saturated heterocycles. The molecule has 0 aromatic carbocycles. The Morgan fingerprint density at radius 1 is 1.18 bits per heavy atom. The third kappa shape index (κ3) is 3.40. The Hall–Kier alpha value is -0.530. The van der Waals surface area contributed by atoms with Crippen LogP contribution in [0.25, 0.3) is 0 Å². The second-order valence-corrected chi connectivity index (χ2v) is 4.27. The van der Waals surface area contributed by atoms with Crippen LogP contribution in [0.4, 0.5) is 0 Å². The van der Waals surface area contributed by atoms with Crippen molar-refractivity contribution in [2.24, 2.45) is 10.5 Å². The first kappa shape index (κ1) is 8.57. The normalized spacial score (nSPS) is 20.1. The largest absolute Gasteiger partial charge is 0.297 e. The van der Waals surface area contributed by atoms with Crippen LogP contribution >= 0.6 is 0 Å². The van der Waals surface area contributed by atoms with Gasteiger partial charge in [0, 0.05) is 19.3 Å². The molecule has 1 aliphatic rings. The summed E-state index contributed by atoms with van der Waals surface area (Å²) in [5.41, 5.74) is 0.225. The average molecular weight is 154 g/mol. The second kappa shape index (κ2) is 3.24. The van der Waals surface area contributed by atoms with E-state index in [4.69, 9.17) is 0 Å². The lowest BCUT2D eigenvalue weighted by atomic mass is 9.99. The van der Waals surface area contributed by atoms with Crippen molar-refractivity contribution in [2.75, 3.05) is 13.1 Å². The molecule has 0 aromatic heterocycles. The van der Waals surface area contributed by atoms with E-state index in [0.29, 0.717) is 0 Å². The predicted octanol–water partition coefficient (Wildman–Crippen LogP) is 2.11.